The summed E-state index contributed by atoms with van der Waals surface area (Å²) in [5, 5.41) is 2.96. The Kier molecular flexibility index (Phi) is 5.26. The van der Waals surface area contributed by atoms with E-state index in [4.69, 9.17) is 9.47 Å². The van der Waals surface area contributed by atoms with Crippen molar-refractivity contribution >= 4 is 29.0 Å². The van der Waals surface area contributed by atoms with Crippen LogP contribution in [0, 0.1) is 0 Å². The van der Waals surface area contributed by atoms with Crippen molar-refractivity contribution in [2.75, 3.05) is 24.8 Å². The van der Waals surface area contributed by atoms with Gasteiger partial charge in [0, 0.05) is 29.3 Å². The van der Waals surface area contributed by atoms with Crippen molar-refractivity contribution in [2.24, 2.45) is 0 Å². The molecule has 0 unspecified atom stereocenters. The Balaban J connectivity index is 1.36. The molecule has 1 N–H and O–H groups in total. The molecule has 0 aliphatic carbocycles. The van der Waals surface area contributed by atoms with Crippen LogP contribution in [0.5, 0.6) is 11.5 Å². The minimum absolute atomic E-state index is 0.137. The van der Waals surface area contributed by atoms with Crippen LogP contribution in [0.1, 0.15) is 15.9 Å². The number of anilines is 1. The van der Waals surface area contributed by atoms with Crippen molar-refractivity contribution in [3.8, 4) is 22.8 Å². The summed E-state index contributed by atoms with van der Waals surface area (Å²) >= 11 is 1.76. The molecule has 6 nitrogen and oxygen atoms in total. The van der Waals surface area contributed by atoms with E-state index in [9.17, 15) is 4.79 Å². The molecule has 156 valence electrons. The second kappa shape index (κ2) is 8.35. The van der Waals surface area contributed by atoms with E-state index in [1.54, 1.807) is 11.8 Å². The monoisotopic (exact) mass is 431 g/mol. The molecule has 4 aromatic rings. The number of carbonyl (C=O) groups is 1. The Morgan fingerprint density at radius 1 is 1.03 bits per heavy atom. The Morgan fingerprint density at radius 3 is 2.65 bits per heavy atom. The molecule has 1 amide bonds. The summed E-state index contributed by atoms with van der Waals surface area (Å²) < 4.78 is 13.2. The predicted molar refractivity (Wildman–Crippen MR) is 123 cm³/mol. The third kappa shape index (κ3) is 4.09. The number of ether oxygens (including phenoxy) is 2. The zero-order valence-corrected chi connectivity index (χ0v) is 17.8. The highest BCUT2D eigenvalue weighted by atomic mass is 32.2. The third-order valence-corrected chi connectivity index (χ3v) is 5.70. The maximum atomic E-state index is 12.6. The van der Waals surface area contributed by atoms with E-state index in [2.05, 4.69) is 16.6 Å². The molecule has 0 bridgehead atoms. The number of rotatable bonds is 5. The van der Waals surface area contributed by atoms with Gasteiger partial charge in [0.1, 0.15) is 18.9 Å². The summed E-state index contributed by atoms with van der Waals surface area (Å²) in [6.45, 7) is 1.11. The SMILES string of the molecule is CSCc1ccc(C(=O)Nc2ccc3nc(-c4ccc5c(c4)OCCO5)cn3c2)cc1. The van der Waals surface area contributed by atoms with Gasteiger partial charge in [-0.3, -0.25) is 4.79 Å². The molecule has 0 fully saturated rings. The fourth-order valence-electron chi connectivity index (χ4n) is 3.53. The molecular weight excluding hydrogens is 410 g/mol. The van der Waals surface area contributed by atoms with Gasteiger partial charge >= 0.3 is 0 Å². The zero-order valence-electron chi connectivity index (χ0n) is 17.0. The number of imidazole rings is 1. The van der Waals surface area contributed by atoms with E-state index in [1.165, 1.54) is 5.56 Å². The number of amides is 1. The second-order valence-electron chi connectivity index (χ2n) is 7.25. The zero-order chi connectivity index (χ0) is 21.2. The maximum Gasteiger partial charge on any atom is 0.255 e. The Bertz CT molecular complexity index is 1250. The van der Waals surface area contributed by atoms with Crippen LogP contribution in [0.4, 0.5) is 5.69 Å². The van der Waals surface area contributed by atoms with Crippen LogP contribution in [-0.2, 0) is 5.75 Å². The molecule has 0 saturated heterocycles. The molecule has 2 aromatic carbocycles. The van der Waals surface area contributed by atoms with Gasteiger partial charge in [0.2, 0.25) is 0 Å². The van der Waals surface area contributed by atoms with Crippen molar-refractivity contribution in [2.45, 2.75) is 5.75 Å². The topological polar surface area (TPSA) is 64.9 Å². The molecule has 3 heterocycles. The summed E-state index contributed by atoms with van der Waals surface area (Å²) in [5.74, 6) is 2.29. The van der Waals surface area contributed by atoms with Crippen LogP contribution >= 0.6 is 11.8 Å². The minimum atomic E-state index is -0.137. The lowest BCUT2D eigenvalue weighted by Gasteiger charge is -2.18. The smallest absolute Gasteiger partial charge is 0.255 e. The first-order chi connectivity index (χ1) is 15.2. The van der Waals surface area contributed by atoms with Crippen LogP contribution in [0.2, 0.25) is 0 Å². The maximum absolute atomic E-state index is 12.6. The average molecular weight is 432 g/mol. The number of benzene rings is 2. The van der Waals surface area contributed by atoms with E-state index in [1.807, 2.05) is 71.4 Å². The quantitative estimate of drug-likeness (QED) is 0.488. The number of fused-ring (bicyclic) bond motifs is 2. The standard InChI is InChI=1S/C24H21N3O3S/c1-31-15-16-2-4-17(5-3-16)24(28)25-19-7-9-23-26-20(14-27(23)13-19)18-6-8-21-22(12-18)30-11-10-29-21/h2-9,12-14H,10-11,15H2,1H3,(H,25,28). The highest BCUT2D eigenvalue weighted by Gasteiger charge is 2.14. The average Bonchev–Trinajstić information content (AvgIpc) is 3.23. The number of nitrogens with zero attached hydrogens (tertiary/aromatic N) is 2. The first kappa shape index (κ1) is 19.5. The summed E-state index contributed by atoms with van der Waals surface area (Å²) in [5.41, 5.74) is 5.11. The fourth-order valence-corrected chi connectivity index (χ4v) is 4.06. The molecule has 7 heteroatoms. The molecule has 0 saturated carbocycles. The minimum Gasteiger partial charge on any atom is -0.486 e. The molecule has 2 aromatic heterocycles. The first-order valence-corrected chi connectivity index (χ1v) is 11.4. The normalized spacial score (nSPS) is 12.7. The van der Waals surface area contributed by atoms with Gasteiger partial charge in [0.05, 0.1) is 11.4 Å². The summed E-state index contributed by atoms with van der Waals surface area (Å²) in [6, 6.07) is 17.3. The van der Waals surface area contributed by atoms with Crippen LogP contribution in [0.25, 0.3) is 16.9 Å². The number of aromatic nitrogens is 2. The van der Waals surface area contributed by atoms with Crippen molar-refractivity contribution in [1.82, 2.24) is 9.38 Å². The number of thioether (sulfide) groups is 1. The Labute approximate surface area is 184 Å². The van der Waals surface area contributed by atoms with E-state index >= 15 is 0 Å². The number of hydrogen-bond donors (Lipinski definition) is 1. The van der Waals surface area contributed by atoms with Crippen LogP contribution in [0.3, 0.4) is 0 Å². The van der Waals surface area contributed by atoms with Crippen LogP contribution in [0.15, 0.2) is 67.0 Å². The molecule has 0 spiro atoms. The predicted octanol–water partition coefficient (Wildman–Crippen LogP) is 4.89. The van der Waals surface area contributed by atoms with Crippen molar-refractivity contribution < 1.29 is 14.3 Å². The highest BCUT2D eigenvalue weighted by molar-refractivity contribution is 7.97. The van der Waals surface area contributed by atoms with Gasteiger partial charge in [0.25, 0.3) is 5.91 Å². The van der Waals surface area contributed by atoms with Gasteiger partial charge in [-0.05, 0) is 54.3 Å². The molecular formula is C24H21N3O3S. The summed E-state index contributed by atoms with van der Waals surface area (Å²) in [6.07, 6.45) is 5.86. The molecule has 31 heavy (non-hydrogen) atoms. The number of pyridine rings is 1. The third-order valence-electron chi connectivity index (χ3n) is 5.07. The Morgan fingerprint density at radius 2 is 1.84 bits per heavy atom. The van der Waals surface area contributed by atoms with Gasteiger partial charge in [-0.15, -0.1) is 0 Å². The van der Waals surface area contributed by atoms with Gasteiger partial charge in [0.15, 0.2) is 11.5 Å². The van der Waals surface area contributed by atoms with Crippen LogP contribution in [-0.4, -0.2) is 34.8 Å². The van der Waals surface area contributed by atoms with Gasteiger partial charge < -0.3 is 19.2 Å². The number of hydrogen-bond acceptors (Lipinski definition) is 5. The second-order valence-corrected chi connectivity index (χ2v) is 8.12. The van der Waals surface area contributed by atoms with E-state index < -0.39 is 0 Å². The Hall–Kier alpha value is -3.45. The lowest BCUT2D eigenvalue weighted by Crippen LogP contribution is -2.15. The molecule has 1 aliphatic heterocycles. The lowest BCUT2D eigenvalue weighted by atomic mass is 10.1. The van der Waals surface area contributed by atoms with Crippen molar-refractivity contribution in [1.29, 1.82) is 0 Å². The largest absolute Gasteiger partial charge is 0.486 e. The molecule has 0 atom stereocenters. The van der Waals surface area contributed by atoms with E-state index in [0.717, 1.165) is 34.2 Å². The molecule has 0 radical (unpaired) electrons. The summed E-state index contributed by atoms with van der Waals surface area (Å²) in [7, 11) is 0. The van der Waals surface area contributed by atoms with Crippen LogP contribution < -0.4 is 14.8 Å². The van der Waals surface area contributed by atoms with E-state index in [-0.39, 0.29) is 5.91 Å². The first-order valence-electron chi connectivity index (χ1n) is 9.97. The number of nitrogens with one attached hydrogen (secondary N) is 1. The van der Waals surface area contributed by atoms with Gasteiger partial charge in [-0.2, -0.15) is 11.8 Å². The molecule has 1 aliphatic rings. The molecule has 5 rings (SSSR count). The van der Waals surface area contributed by atoms with Gasteiger partial charge in [-0.1, -0.05) is 12.1 Å². The number of carbonyl (C=O) groups excluding carboxylic acids is 1. The van der Waals surface area contributed by atoms with Crippen molar-refractivity contribution in [3.63, 3.8) is 0 Å². The lowest BCUT2D eigenvalue weighted by molar-refractivity contribution is 0.102. The fraction of sp³-hybridized carbons (Fsp3) is 0.167. The highest BCUT2D eigenvalue weighted by Crippen LogP contribution is 2.34. The van der Waals surface area contributed by atoms with Gasteiger partial charge in [-0.25, -0.2) is 4.98 Å². The van der Waals surface area contributed by atoms with Crippen molar-refractivity contribution in [3.05, 3.63) is 78.1 Å². The summed E-state index contributed by atoms with van der Waals surface area (Å²) in [4.78, 5) is 17.3. The van der Waals surface area contributed by atoms with E-state index in [0.29, 0.717) is 24.5 Å².